The first kappa shape index (κ1) is 17.2. The third-order valence-corrected chi connectivity index (χ3v) is 3.98. The molecule has 0 aliphatic rings. The summed E-state index contributed by atoms with van der Waals surface area (Å²) in [5.74, 6) is 0.110. The highest BCUT2D eigenvalue weighted by molar-refractivity contribution is 5.82. The number of nitrogens with two attached hydrogens (primary N) is 1. The molecule has 0 fully saturated rings. The van der Waals surface area contributed by atoms with Crippen LogP contribution in [0.5, 0.6) is 0 Å². The SMILES string of the molecule is CCCN(Cc1ccc(C#N)cc1)C(=O)C(C)(CC)CN. The molecule has 0 bridgehead atoms. The standard InChI is InChI=1S/C17H25N3O/c1-4-10-20(16(21)17(3,5-2)13-19)12-15-8-6-14(11-18)7-9-15/h6-9H,4-5,10,12-13,19H2,1-3H3. The molecule has 0 aliphatic heterocycles. The monoisotopic (exact) mass is 287 g/mol. The summed E-state index contributed by atoms with van der Waals surface area (Å²) in [7, 11) is 0. The maximum absolute atomic E-state index is 12.7. The van der Waals surface area contributed by atoms with Crippen LogP contribution in [0.15, 0.2) is 24.3 Å². The average molecular weight is 287 g/mol. The van der Waals surface area contributed by atoms with Gasteiger partial charge in [0.05, 0.1) is 17.0 Å². The minimum atomic E-state index is -0.498. The molecule has 1 rings (SSSR count). The first-order valence-electron chi connectivity index (χ1n) is 7.49. The number of carbonyl (C=O) groups is 1. The van der Waals surface area contributed by atoms with Gasteiger partial charge >= 0.3 is 0 Å². The second-order valence-corrected chi connectivity index (χ2v) is 5.65. The second-order valence-electron chi connectivity index (χ2n) is 5.65. The van der Waals surface area contributed by atoms with Gasteiger partial charge in [-0.15, -0.1) is 0 Å². The Morgan fingerprint density at radius 3 is 2.38 bits per heavy atom. The first-order chi connectivity index (χ1) is 10.0. The van der Waals surface area contributed by atoms with Crippen molar-refractivity contribution in [3.05, 3.63) is 35.4 Å². The molecular formula is C17H25N3O. The van der Waals surface area contributed by atoms with E-state index in [2.05, 4.69) is 13.0 Å². The smallest absolute Gasteiger partial charge is 0.230 e. The van der Waals surface area contributed by atoms with Crippen LogP contribution >= 0.6 is 0 Å². The number of amides is 1. The summed E-state index contributed by atoms with van der Waals surface area (Å²) in [6.45, 7) is 7.62. The van der Waals surface area contributed by atoms with Crippen LogP contribution in [0.2, 0.25) is 0 Å². The summed E-state index contributed by atoms with van der Waals surface area (Å²) in [5, 5.41) is 8.82. The van der Waals surface area contributed by atoms with E-state index in [9.17, 15) is 4.79 Å². The Bertz CT molecular complexity index is 498. The van der Waals surface area contributed by atoms with E-state index in [0.717, 1.165) is 18.4 Å². The summed E-state index contributed by atoms with van der Waals surface area (Å²) in [6, 6.07) is 9.47. The van der Waals surface area contributed by atoms with E-state index >= 15 is 0 Å². The summed E-state index contributed by atoms with van der Waals surface area (Å²) >= 11 is 0. The molecule has 0 radical (unpaired) electrons. The lowest BCUT2D eigenvalue weighted by Crippen LogP contribution is -2.46. The van der Waals surface area contributed by atoms with Crippen LogP contribution in [-0.2, 0) is 11.3 Å². The predicted octanol–water partition coefficient (Wildman–Crippen LogP) is 2.67. The zero-order chi connectivity index (χ0) is 15.9. The summed E-state index contributed by atoms with van der Waals surface area (Å²) in [6.07, 6.45) is 1.64. The topological polar surface area (TPSA) is 70.1 Å². The molecule has 2 N–H and O–H groups in total. The van der Waals surface area contributed by atoms with Gasteiger partial charge in [0.15, 0.2) is 0 Å². The Morgan fingerprint density at radius 1 is 1.33 bits per heavy atom. The summed E-state index contributed by atoms with van der Waals surface area (Å²) < 4.78 is 0. The fraction of sp³-hybridized carbons (Fsp3) is 0.529. The van der Waals surface area contributed by atoms with Crippen molar-refractivity contribution in [1.82, 2.24) is 4.90 Å². The Kier molecular flexibility index (Phi) is 6.39. The van der Waals surface area contributed by atoms with Crippen molar-refractivity contribution in [2.75, 3.05) is 13.1 Å². The molecule has 1 unspecified atom stereocenters. The highest BCUT2D eigenvalue weighted by Crippen LogP contribution is 2.24. The Labute approximate surface area is 127 Å². The third-order valence-electron chi connectivity index (χ3n) is 3.98. The zero-order valence-corrected chi connectivity index (χ0v) is 13.2. The van der Waals surface area contributed by atoms with Crippen molar-refractivity contribution in [2.45, 2.75) is 40.2 Å². The summed E-state index contributed by atoms with van der Waals surface area (Å²) in [4.78, 5) is 14.6. The number of carbonyl (C=O) groups excluding carboxylic acids is 1. The van der Waals surface area contributed by atoms with Gasteiger partial charge in [0.25, 0.3) is 0 Å². The minimum Gasteiger partial charge on any atom is -0.338 e. The molecule has 0 saturated heterocycles. The maximum atomic E-state index is 12.7. The Hall–Kier alpha value is -1.86. The number of hydrogen-bond donors (Lipinski definition) is 1. The van der Waals surface area contributed by atoms with E-state index in [1.807, 2.05) is 30.9 Å². The van der Waals surface area contributed by atoms with Gasteiger partial charge in [-0.25, -0.2) is 0 Å². The molecule has 21 heavy (non-hydrogen) atoms. The molecule has 0 aromatic heterocycles. The van der Waals surface area contributed by atoms with Crippen molar-refractivity contribution in [2.24, 2.45) is 11.1 Å². The van der Waals surface area contributed by atoms with Crippen LogP contribution in [0, 0.1) is 16.7 Å². The molecular weight excluding hydrogens is 262 g/mol. The van der Waals surface area contributed by atoms with Crippen LogP contribution < -0.4 is 5.73 Å². The fourth-order valence-corrected chi connectivity index (χ4v) is 2.19. The van der Waals surface area contributed by atoms with Crippen LogP contribution in [0.1, 0.15) is 44.7 Å². The lowest BCUT2D eigenvalue weighted by atomic mass is 9.86. The molecule has 0 heterocycles. The molecule has 1 aromatic carbocycles. The first-order valence-corrected chi connectivity index (χ1v) is 7.49. The van der Waals surface area contributed by atoms with Crippen molar-refractivity contribution < 1.29 is 4.79 Å². The normalized spacial score (nSPS) is 13.3. The Morgan fingerprint density at radius 2 is 1.95 bits per heavy atom. The molecule has 1 aromatic rings. The van der Waals surface area contributed by atoms with Crippen molar-refractivity contribution in [1.29, 1.82) is 5.26 Å². The fourth-order valence-electron chi connectivity index (χ4n) is 2.19. The van der Waals surface area contributed by atoms with Crippen LogP contribution in [0.4, 0.5) is 0 Å². The lowest BCUT2D eigenvalue weighted by Gasteiger charge is -2.33. The van der Waals surface area contributed by atoms with E-state index < -0.39 is 5.41 Å². The van der Waals surface area contributed by atoms with Crippen molar-refractivity contribution in [3.63, 3.8) is 0 Å². The van der Waals surface area contributed by atoms with Crippen LogP contribution in [0.25, 0.3) is 0 Å². The van der Waals surface area contributed by atoms with Crippen LogP contribution in [0.3, 0.4) is 0 Å². The molecule has 0 spiro atoms. The van der Waals surface area contributed by atoms with E-state index in [0.29, 0.717) is 25.2 Å². The number of rotatable bonds is 7. The molecule has 4 heteroatoms. The lowest BCUT2D eigenvalue weighted by molar-refractivity contribution is -0.141. The van der Waals surface area contributed by atoms with Gasteiger partial charge in [-0.2, -0.15) is 5.26 Å². The average Bonchev–Trinajstić information content (AvgIpc) is 2.53. The number of nitriles is 1. The van der Waals surface area contributed by atoms with Crippen LogP contribution in [-0.4, -0.2) is 23.9 Å². The molecule has 1 atom stereocenters. The highest BCUT2D eigenvalue weighted by Gasteiger charge is 2.33. The third kappa shape index (κ3) is 4.30. The van der Waals surface area contributed by atoms with E-state index in [4.69, 9.17) is 11.0 Å². The van der Waals surface area contributed by atoms with Gasteiger partial charge in [-0.1, -0.05) is 26.0 Å². The predicted molar refractivity (Wildman–Crippen MR) is 84.3 cm³/mol. The number of hydrogen-bond acceptors (Lipinski definition) is 3. The maximum Gasteiger partial charge on any atom is 0.230 e. The van der Waals surface area contributed by atoms with Gasteiger partial charge in [0, 0.05) is 19.6 Å². The van der Waals surface area contributed by atoms with E-state index in [1.54, 1.807) is 12.1 Å². The number of nitrogens with zero attached hydrogens (tertiary/aromatic N) is 2. The van der Waals surface area contributed by atoms with Gasteiger partial charge < -0.3 is 10.6 Å². The summed E-state index contributed by atoms with van der Waals surface area (Å²) in [5.41, 5.74) is 6.97. The molecule has 0 saturated carbocycles. The van der Waals surface area contributed by atoms with Crippen molar-refractivity contribution >= 4 is 5.91 Å². The van der Waals surface area contributed by atoms with Gasteiger partial charge in [0.2, 0.25) is 5.91 Å². The minimum absolute atomic E-state index is 0.110. The van der Waals surface area contributed by atoms with Gasteiger partial charge in [-0.05, 0) is 37.5 Å². The molecule has 4 nitrogen and oxygen atoms in total. The molecule has 0 aliphatic carbocycles. The zero-order valence-electron chi connectivity index (χ0n) is 13.2. The quantitative estimate of drug-likeness (QED) is 0.838. The van der Waals surface area contributed by atoms with Gasteiger partial charge in [0.1, 0.15) is 0 Å². The van der Waals surface area contributed by atoms with E-state index in [-0.39, 0.29) is 5.91 Å². The van der Waals surface area contributed by atoms with Crippen molar-refractivity contribution in [3.8, 4) is 6.07 Å². The molecule has 1 amide bonds. The number of benzene rings is 1. The molecule has 114 valence electrons. The Balaban J connectivity index is 2.91. The second kappa shape index (κ2) is 7.80. The highest BCUT2D eigenvalue weighted by atomic mass is 16.2. The van der Waals surface area contributed by atoms with Gasteiger partial charge in [-0.3, -0.25) is 4.79 Å². The largest absolute Gasteiger partial charge is 0.338 e. The van der Waals surface area contributed by atoms with E-state index in [1.165, 1.54) is 0 Å².